The molecule has 5 heteroatoms. The zero-order valence-electron chi connectivity index (χ0n) is 12.0. The summed E-state index contributed by atoms with van der Waals surface area (Å²) in [6.45, 7) is 6.11. The predicted molar refractivity (Wildman–Crippen MR) is 83.2 cm³/mol. The van der Waals surface area contributed by atoms with Crippen molar-refractivity contribution >= 4 is 23.5 Å². The van der Waals surface area contributed by atoms with Crippen molar-refractivity contribution in [1.29, 1.82) is 0 Å². The summed E-state index contributed by atoms with van der Waals surface area (Å²) < 4.78 is 0. The van der Waals surface area contributed by atoms with Gasteiger partial charge in [-0.1, -0.05) is 6.07 Å². The van der Waals surface area contributed by atoms with Crippen LogP contribution in [0.3, 0.4) is 0 Å². The molecule has 0 unspecified atom stereocenters. The number of H-pyrrole nitrogens is 1. The van der Waals surface area contributed by atoms with Crippen LogP contribution in [0.4, 0.5) is 5.82 Å². The smallest absolute Gasteiger partial charge is 0.226 e. The summed E-state index contributed by atoms with van der Waals surface area (Å²) in [5, 5.41) is 9.47. The third-order valence-electron chi connectivity index (χ3n) is 3.17. The van der Waals surface area contributed by atoms with Crippen LogP contribution >= 0.6 is 11.8 Å². The predicted octanol–water partition coefficient (Wildman–Crippen LogP) is 3.46. The first-order valence-corrected chi connectivity index (χ1v) is 7.54. The Balaban J connectivity index is 1.79. The van der Waals surface area contributed by atoms with Gasteiger partial charge in [-0.15, -0.1) is 11.8 Å². The molecule has 2 aromatic rings. The molecule has 1 aromatic carbocycles. The minimum absolute atomic E-state index is 0.00804. The molecule has 0 aliphatic rings. The van der Waals surface area contributed by atoms with Crippen molar-refractivity contribution in [2.75, 3.05) is 11.1 Å². The second kappa shape index (κ2) is 6.61. The molecule has 2 N–H and O–H groups in total. The average Bonchev–Trinajstić information content (AvgIpc) is 2.79. The number of aryl methyl sites for hydroxylation is 3. The number of amides is 1. The van der Waals surface area contributed by atoms with Gasteiger partial charge in [0.15, 0.2) is 0 Å². The van der Waals surface area contributed by atoms with Crippen LogP contribution in [-0.2, 0) is 4.79 Å². The van der Waals surface area contributed by atoms with Crippen LogP contribution in [0.1, 0.15) is 23.1 Å². The fourth-order valence-electron chi connectivity index (χ4n) is 1.74. The Kier molecular flexibility index (Phi) is 4.84. The second-order valence-electron chi connectivity index (χ2n) is 4.82. The number of nitrogens with zero attached hydrogens (tertiary/aromatic N) is 1. The van der Waals surface area contributed by atoms with Gasteiger partial charge in [0.1, 0.15) is 5.82 Å². The van der Waals surface area contributed by atoms with E-state index in [0.717, 1.165) is 11.3 Å². The van der Waals surface area contributed by atoms with Gasteiger partial charge < -0.3 is 5.32 Å². The van der Waals surface area contributed by atoms with Crippen LogP contribution in [0.2, 0.25) is 0 Å². The van der Waals surface area contributed by atoms with E-state index in [4.69, 9.17) is 0 Å². The quantitative estimate of drug-likeness (QED) is 0.829. The molecule has 0 aliphatic carbocycles. The van der Waals surface area contributed by atoms with E-state index in [1.165, 1.54) is 16.0 Å². The maximum atomic E-state index is 11.8. The SMILES string of the molecule is Cc1ccc(SCCC(=O)Nc2[nH]ncc2C)cc1C. The maximum Gasteiger partial charge on any atom is 0.226 e. The van der Waals surface area contributed by atoms with E-state index in [1.807, 2.05) is 6.92 Å². The fourth-order valence-corrected chi connectivity index (χ4v) is 2.69. The number of aromatic amines is 1. The molecule has 20 heavy (non-hydrogen) atoms. The lowest BCUT2D eigenvalue weighted by Gasteiger charge is -2.06. The Bertz CT molecular complexity index is 607. The largest absolute Gasteiger partial charge is 0.311 e. The van der Waals surface area contributed by atoms with E-state index in [-0.39, 0.29) is 5.91 Å². The molecule has 1 amide bonds. The third-order valence-corrected chi connectivity index (χ3v) is 4.17. The van der Waals surface area contributed by atoms with Gasteiger partial charge in [0, 0.05) is 22.6 Å². The summed E-state index contributed by atoms with van der Waals surface area (Å²) in [5.41, 5.74) is 3.52. The number of carbonyl (C=O) groups is 1. The molecule has 1 aromatic heterocycles. The van der Waals surface area contributed by atoms with Gasteiger partial charge in [0.2, 0.25) is 5.91 Å². The van der Waals surface area contributed by atoms with Crippen molar-refractivity contribution < 1.29 is 4.79 Å². The summed E-state index contributed by atoms with van der Waals surface area (Å²) in [6.07, 6.45) is 2.18. The number of carbonyl (C=O) groups excluding carboxylic acids is 1. The summed E-state index contributed by atoms with van der Waals surface area (Å²) in [5.74, 6) is 1.46. The van der Waals surface area contributed by atoms with Gasteiger partial charge >= 0.3 is 0 Å². The van der Waals surface area contributed by atoms with Crippen LogP contribution in [0, 0.1) is 20.8 Å². The van der Waals surface area contributed by atoms with Crippen molar-refractivity contribution in [3.8, 4) is 0 Å². The molecule has 4 nitrogen and oxygen atoms in total. The maximum absolute atomic E-state index is 11.8. The average molecular weight is 289 g/mol. The number of thioether (sulfide) groups is 1. The zero-order valence-corrected chi connectivity index (χ0v) is 12.8. The summed E-state index contributed by atoms with van der Waals surface area (Å²) in [6, 6.07) is 6.38. The van der Waals surface area contributed by atoms with Gasteiger partial charge in [-0.05, 0) is 44.0 Å². The highest BCUT2D eigenvalue weighted by atomic mass is 32.2. The first kappa shape index (κ1) is 14.7. The number of hydrogen-bond acceptors (Lipinski definition) is 3. The number of benzene rings is 1. The van der Waals surface area contributed by atoms with Crippen molar-refractivity contribution in [2.45, 2.75) is 32.1 Å². The van der Waals surface area contributed by atoms with Gasteiger partial charge in [-0.3, -0.25) is 9.89 Å². The molecule has 0 radical (unpaired) electrons. The van der Waals surface area contributed by atoms with Gasteiger partial charge in [-0.25, -0.2) is 0 Å². The van der Waals surface area contributed by atoms with Crippen molar-refractivity contribution in [2.24, 2.45) is 0 Å². The standard InChI is InChI=1S/C15H19N3OS/c1-10-4-5-13(8-11(10)2)20-7-6-14(19)17-15-12(3)9-16-18-15/h4-5,8-9H,6-7H2,1-3H3,(H2,16,17,18,19). The van der Waals surface area contributed by atoms with Crippen molar-refractivity contribution in [3.63, 3.8) is 0 Å². The topological polar surface area (TPSA) is 57.8 Å². The first-order valence-electron chi connectivity index (χ1n) is 6.56. The van der Waals surface area contributed by atoms with Crippen molar-refractivity contribution in [3.05, 3.63) is 41.1 Å². The lowest BCUT2D eigenvalue weighted by Crippen LogP contribution is -2.13. The highest BCUT2D eigenvalue weighted by Crippen LogP contribution is 2.21. The normalized spacial score (nSPS) is 10.6. The lowest BCUT2D eigenvalue weighted by molar-refractivity contribution is -0.115. The molecular weight excluding hydrogens is 270 g/mol. The van der Waals surface area contributed by atoms with E-state index < -0.39 is 0 Å². The molecule has 106 valence electrons. The van der Waals surface area contributed by atoms with Gasteiger partial charge in [0.05, 0.1) is 6.20 Å². The first-order chi connectivity index (χ1) is 9.56. The van der Waals surface area contributed by atoms with Crippen LogP contribution in [0.15, 0.2) is 29.3 Å². The molecule has 0 bridgehead atoms. The fraction of sp³-hybridized carbons (Fsp3) is 0.333. The number of aromatic nitrogens is 2. The second-order valence-corrected chi connectivity index (χ2v) is 5.99. The van der Waals surface area contributed by atoms with Crippen LogP contribution in [0.25, 0.3) is 0 Å². The number of rotatable bonds is 5. The molecule has 1 heterocycles. The van der Waals surface area contributed by atoms with Crippen LogP contribution < -0.4 is 5.32 Å². The third kappa shape index (κ3) is 3.87. The molecule has 2 rings (SSSR count). The van der Waals surface area contributed by atoms with Crippen LogP contribution in [-0.4, -0.2) is 21.9 Å². The molecular formula is C15H19N3OS. The number of nitrogens with one attached hydrogen (secondary N) is 2. The highest BCUT2D eigenvalue weighted by Gasteiger charge is 2.06. The van der Waals surface area contributed by atoms with E-state index in [2.05, 4.69) is 47.6 Å². The van der Waals surface area contributed by atoms with E-state index >= 15 is 0 Å². The Hall–Kier alpha value is -1.75. The summed E-state index contributed by atoms with van der Waals surface area (Å²) in [7, 11) is 0. The molecule has 0 fully saturated rings. The molecule has 0 spiro atoms. The van der Waals surface area contributed by atoms with Crippen molar-refractivity contribution in [1.82, 2.24) is 10.2 Å². The minimum atomic E-state index is 0.00804. The molecule has 0 saturated heterocycles. The molecule has 0 aliphatic heterocycles. The monoisotopic (exact) mass is 289 g/mol. The van der Waals surface area contributed by atoms with Gasteiger partial charge in [-0.2, -0.15) is 5.10 Å². The van der Waals surface area contributed by atoms with E-state index in [0.29, 0.717) is 12.2 Å². The Morgan fingerprint density at radius 3 is 2.70 bits per heavy atom. The highest BCUT2D eigenvalue weighted by molar-refractivity contribution is 7.99. The van der Waals surface area contributed by atoms with E-state index in [1.54, 1.807) is 18.0 Å². The van der Waals surface area contributed by atoms with Crippen LogP contribution in [0.5, 0.6) is 0 Å². The minimum Gasteiger partial charge on any atom is -0.311 e. The summed E-state index contributed by atoms with van der Waals surface area (Å²) in [4.78, 5) is 13.0. The Labute approximate surface area is 123 Å². The summed E-state index contributed by atoms with van der Waals surface area (Å²) >= 11 is 1.70. The molecule has 0 atom stereocenters. The zero-order chi connectivity index (χ0) is 14.5. The number of hydrogen-bond donors (Lipinski definition) is 2. The van der Waals surface area contributed by atoms with E-state index in [9.17, 15) is 4.79 Å². The number of anilines is 1. The molecule has 0 saturated carbocycles. The Morgan fingerprint density at radius 1 is 1.25 bits per heavy atom. The Morgan fingerprint density at radius 2 is 2.05 bits per heavy atom. The van der Waals surface area contributed by atoms with Gasteiger partial charge in [0.25, 0.3) is 0 Å². The lowest BCUT2D eigenvalue weighted by atomic mass is 10.1.